The second-order valence-corrected chi connectivity index (χ2v) is 3.35. The Balaban J connectivity index is 2.59. The van der Waals surface area contributed by atoms with Crippen LogP contribution in [0.3, 0.4) is 0 Å². The molecule has 0 unspecified atom stereocenters. The van der Waals surface area contributed by atoms with Gasteiger partial charge < -0.3 is 4.74 Å². The maximum absolute atomic E-state index is 13.1. The summed E-state index contributed by atoms with van der Waals surface area (Å²) in [6.07, 6.45) is -4.80. The van der Waals surface area contributed by atoms with Crippen molar-refractivity contribution in [3.8, 4) is 5.75 Å². The minimum atomic E-state index is -4.81. The molecule has 1 aliphatic heterocycles. The third-order valence-electron chi connectivity index (χ3n) is 2.26. The van der Waals surface area contributed by atoms with Crippen LogP contribution in [-0.2, 0) is 6.18 Å². The van der Waals surface area contributed by atoms with Gasteiger partial charge in [-0.2, -0.15) is 13.2 Å². The molecule has 1 aromatic carbocycles. The van der Waals surface area contributed by atoms with Crippen LogP contribution in [-0.4, -0.2) is 12.4 Å². The third-order valence-corrected chi connectivity index (χ3v) is 2.26. The summed E-state index contributed by atoms with van der Waals surface area (Å²) < 4.78 is 55.1. The van der Waals surface area contributed by atoms with Gasteiger partial charge in [-0.15, -0.1) is 0 Å². The number of Topliss-reactive ketones (excluding diaryl/α,β-unsaturated/α-hetero) is 1. The van der Waals surface area contributed by atoms with Crippen LogP contribution in [0.1, 0.15) is 22.3 Å². The van der Waals surface area contributed by atoms with Crippen molar-refractivity contribution >= 4 is 5.78 Å². The van der Waals surface area contributed by atoms with Gasteiger partial charge in [0.15, 0.2) is 5.78 Å². The van der Waals surface area contributed by atoms with Gasteiger partial charge in [0, 0.05) is 12.5 Å². The zero-order chi connectivity index (χ0) is 11.9. The highest BCUT2D eigenvalue weighted by molar-refractivity contribution is 5.99. The first-order chi connectivity index (χ1) is 7.39. The summed E-state index contributed by atoms with van der Waals surface area (Å²) in [5.41, 5.74) is -1.65. The fraction of sp³-hybridized carbons (Fsp3) is 0.300. The minimum Gasteiger partial charge on any atom is -0.492 e. The maximum Gasteiger partial charge on any atom is 0.419 e. The molecular formula is C10H6F4O2. The minimum absolute atomic E-state index is 0.00985. The van der Waals surface area contributed by atoms with Crippen LogP contribution < -0.4 is 4.74 Å². The average molecular weight is 234 g/mol. The topological polar surface area (TPSA) is 26.3 Å². The van der Waals surface area contributed by atoms with E-state index in [-0.39, 0.29) is 24.3 Å². The summed E-state index contributed by atoms with van der Waals surface area (Å²) in [7, 11) is 0. The van der Waals surface area contributed by atoms with Crippen molar-refractivity contribution in [1.29, 1.82) is 0 Å². The van der Waals surface area contributed by atoms with E-state index in [0.717, 1.165) is 0 Å². The molecule has 0 aromatic heterocycles. The van der Waals surface area contributed by atoms with Crippen LogP contribution in [0.15, 0.2) is 12.1 Å². The number of ketones is 1. The molecule has 0 atom stereocenters. The van der Waals surface area contributed by atoms with E-state index in [4.69, 9.17) is 4.74 Å². The predicted molar refractivity (Wildman–Crippen MR) is 45.8 cm³/mol. The van der Waals surface area contributed by atoms with Gasteiger partial charge in [0.25, 0.3) is 0 Å². The highest BCUT2D eigenvalue weighted by Crippen LogP contribution is 2.36. The van der Waals surface area contributed by atoms with E-state index in [9.17, 15) is 22.4 Å². The van der Waals surface area contributed by atoms with Crippen molar-refractivity contribution < 1.29 is 27.1 Å². The Labute approximate surface area is 87.8 Å². The number of hydrogen-bond acceptors (Lipinski definition) is 2. The highest BCUT2D eigenvalue weighted by Gasteiger charge is 2.36. The number of benzene rings is 1. The summed E-state index contributed by atoms with van der Waals surface area (Å²) >= 11 is 0. The maximum atomic E-state index is 13.1. The summed E-state index contributed by atoms with van der Waals surface area (Å²) in [6.45, 7) is 0.0661. The summed E-state index contributed by atoms with van der Waals surface area (Å²) in [5, 5.41) is 0. The molecule has 0 saturated heterocycles. The molecular weight excluding hydrogens is 228 g/mol. The molecule has 1 aliphatic rings. The average Bonchev–Trinajstić information content (AvgIpc) is 2.15. The second-order valence-electron chi connectivity index (χ2n) is 3.35. The van der Waals surface area contributed by atoms with E-state index in [2.05, 4.69) is 0 Å². The number of carbonyl (C=O) groups is 1. The molecule has 0 bridgehead atoms. The third kappa shape index (κ3) is 1.75. The SMILES string of the molecule is O=C1CCOc2cc(F)c(C(F)(F)F)cc21. The second kappa shape index (κ2) is 3.47. The Morgan fingerprint density at radius 2 is 1.94 bits per heavy atom. The quantitative estimate of drug-likeness (QED) is 0.645. The van der Waals surface area contributed by atoms with E-state index >= 15 is 0 Å². The lowest BCUT2D eigenvalue weighted by Crippen LogP contribution is -2.18. The molecule has 0 aliphatic carbocycles. The molecule has 6 heteroatoms. The molecule has 2 rings (SSSR count). The normalized spacial score (nSPS) is 15.6. The van der Waals surface area contributed by atoms with Gasteiger partial charge in [-0.05, 0) is 6.07 Å². The number of carbonyl (C=O) groups excluding carboxylic acids is 1. The first-order valence-corrected chi connectivity index (χ1v) is 4.46. The van der Waals surface area contributed by atoms with Gasteiger partial charge >= 0.3 is 6.18 Å². The Kier molecular flexibility index (Phi) is 2.36. The van der Waals surface area contributed by atoms with Crippen molar-refractivity contribution in [2.45, 2.75) is 12.6 Å². The van der Waals surface area contributed by atoms with Crippen LogP contribution in [0.4, 0.5) is 17.6 Å². The molecule has 0 fully saturated rings. The van der Waals surface area contributed by atoms with E-state index in [1.807, 2.05) is 0 Å². The summed E-state index contributed by atoms with van der Waals surface area (Å²) in [6, 6.07) is 1.11. The highest BCUT2D eigenvalue weighted by atomic mass is 19.4. The first kappa shape index (κ1) is 10.9. The van der Waals surface area contributed by atoms with Crippen LogP contribution in [0.2, 0.25) is 0 Å². The van der Waals surface area contributed by atoms with Gasteiger partial charge in [-0.1, -0.05) is 0 Å². The monoisotopic (exact) mass is 234 g/mol. The molecule has 0 N–H and O–H groups in total. The van der Waals surface area contributed by atoms with Crippen LogP contribution in [0.25, 0.3) is 0 Å². The summed E-state index contributed by atoms with van der Waals surface area (Å²) in [5.74, 6) is -2.02. The number of rotatable bonds is 0. The fourth-order valence-electron chi connectivity index (χ4n) is 1.50. The van der Waals surface area contributed by atoms with E-state index in [1.165, 1.54) is 0 Å². The van der Waals surface area contributed by atoms with Gasteiger partial charge in [-0.25, -0.2) is 4.39 Å². The molecule has 86 valence electrons. The van der Waals surface area contributed by atoms with Crippen LogP contribution in [0, 0.1) is 5.82 Å². The zero-order valence-corrected chi connectivity index (χ0v) is 7.90. The van der Waals surface area contributed by atoms with Crippen molar-refractivity contribution in [3.63, 3.8) is 0 Å². The van der Waals surface area contributed by atoms with Crippen LogP contribution >= 0.6 is 0 Å². The Hall–Kier alpha value is -1.59. The molecule has 0 amide bonds. The molecule has 1 heterocycles. The molecule has 16 heavy (non-hydrogen) atoms. The predicted octanol–water partition coefficient (Wildman–Crippen LogP) is 2.81. The fourth-order valence-corrected chi connectivity index (χ4v) is 1.50. The lowest BCUT2D eigenvalue weighted by atomic mass is 10.0. The van der Waals surface area contributed by atoms with E-state index in [1.54, 1.807) is 0 Å². The number of fused-ring (bicyclic) bond motifs is 1. The number of alkyl halides is 3. The molecule has 1 aromatic rings. The van der Waals surface area contributed by atoms with Crippen molar-refractivity contribution in [1.82, 2.24) is 0 Å². The molecule has 2 nitrogen and oxygen atoms in total. The number of hydrogen-bond donors (Lipinski definition) is 0. The smallest absolute Gasteiger partial charge is 0.419 e. The Morgan fingerprint density at radius 3 is 2.56 bits per heavy atom. The van der Waals surface area contributed by atoms with Crippen molar-refractivity contribution in [3.05, 3.63) is 29.1 Å². The van der Waals surface area contributed by atoms with Crippen LogP contribution in [0.5, 0.6) is 5.75 Å². The number of halogens is 4. The van der Waals surface area contributed by atoms with Gasteiger partial charge in [0.05, 0.1) is 17.7 Å². The standard InChI is InChI=1S/C10H6F4O2/c11-7-4-9-5(8(15)1-2-16-9)3-6(7)10(12,13)14/h3-4H,1-2H2. The number of ether oxygens (including phenoxy) is 1. The lowest BCUT2D eigenvalue weighted by Gasteiger charge is -2.18. The lowest BCUT2D eigenvalue weighted by molar-refractivity contribution is -0.140. The van der Waals surface area contributed by atoms with Crippen molar-refractivity contribution in [2.75, 3.05) is 6.61 Å². The van der Waals surface area contributed by atoms with Gasteiger partial charge in [-0.3, -0.25) is 4.79 Å². The Bertz CT molecular complexity index is 451. The van der Waals surface area contributed by atoms with Gasteiger partial charge in [0.2, 0.25) is 0 Å². The largest absolute Gasteiger partial charge is 0.492 e. The van der Waals surface area contributed by atoms with E-state index in [0.29, 0.717) is 12.1 Å². The van der Waals surface area contributed by atoms with E-state index < -0.39 is 23.3 Å². The molecule has 0 saturated carbocycles. The molecule has 0 radical (unpaired) electrons. The molecule has 0 spiro atoms. The first-order valence-electron chi connectivity index (χ1n) is 4.46. The van der Waals surface area contributed by atoms with Crippen molar-refractivity contribution in [2.24, 2.45) is 0 Å². The van der Waals surface area contributed by atoms with Gasteiger partial charge in [0.1, 0.15) is 11.6 Å². The Morgan fingerprint density at radius 1 is 1.25 bits per heavy atom. The zero-order valence-electron chi connectivity index (χ0n) is 7.90. The summed E-state index contributed by atoms with van der Waals surface area (Å²) in [4.78, 5) is 11.3.